The van der Waals surface area contributed by atoms with Crippen molar-refractivity contribution in [2.45, 2.75) is 51.0 Å². The summed E-state index contributed by atoms with van der Waals surface area (Å²) in [7, 11) is 0. The maximum Gasteiger partial charge on any atom is 0.0153 e. The molecule has 1 saturated carbocycles. The maximum atomic E-state index is 3.76. The molecule has 88 valence electrons. The molecular formula is C15H23N. The van der Waals surface area contributed by atoms with Crippen LogP contribution in [0.25, 0.3) is 0 Å². The third-order valence-electron chi connectivity index (χ3n) is 3.91. The zero-order valence-corrected chi connectivity index (χ0v) is 10.5. The smallest absolute Gasteiger partial charge is 0.0153 e. The van der Waals surface area contributed by atoms with E-state index in [9.17, 15) is 0 Å². The molecule has 1 heteroatoms. The van der Waals surface area contributed by atoms with Crippen LogP contribution in [0.15, 0.2) is 30.3 Å². The summed E-state index contributed by atoms with van der Waals surface area (Å²) in [5, 5.41) is 3.76. The summed E-state index contributed by atoms with van der Waals surface area (Å²) in [6.07, 6.45) is 5.47. The van der Waals surface area contributed by atoms with Crippen molar-refractivity contribution >= 4 is 0 Å². The van der Waals surface area contributed by atoms with Crippen LogP contribution in [0.2, 0.25) is 0 Å². The lowest BCUT2D eigenvalue weighted by molar-refractivity contribution is 0.356. The summed E-state index contributed by atoms with van der Waals surface area (Å²) >= 11 is 0. The second-order valence-corrected chi connectivity index (χ2v) is 5.46. The number of hydrogen-bond acceptors (Lipinski definition) is 1. The average Bonchev–Trinajstić information content (AvgIpc) is 2.75. The van der Waals surface area contributed by atoms with E-state index in [4.69, 9.17) is 0 Å². The Morgan fingerprint density at radius 3 is 2.44 bits per heavy atom. The second kappa shape index (κ2) is 5.01. The molecule has 2 rings (SSSR count). The standard InChI is InChI=1S/C15H23N/c1-13(14-8-4-3-5-9-14)12-16-15(2)10-6-7-11-15/h3-5,8-9,13,16H,6-7,10-12H2,1-2H3. The zero-order chi connectivity index (χ0) is 11.4. The van der Waals surface area contributed by atoms with Crippen molar-refractivity contribution in [3.05, 3.63) is 35.9 Å². The molecule has 1 aliphatic rings. The van der Waals surface area contributed by atoms with Gasteiger partial charge in [-0.2, -0.15) is 0 Å². The van der Waals surface area contributed by atoms with Gasteiger partial charge in [-0.3, -0.25) is 0 Å². The Balaban J connectivity index is 1.86. The number of hydrogen-bond donors (Lipinski definition) is 1. The SMILES string of the molecule is CC(CNC1(C)CCCC1)c1ccccc1. The number of nitrogens with one attached hydrogen (secondary N) is 1. The molecule has 1 N–H and O–H groups in total. The summed E-state index contributed by atoms with van der Waals surface area (Å²) in [6.45, 7) is 5.78. The van der Waals surface area contributed by atoms with Crippen LogP contribution in [-0.2, 0) is 0 Å². The quantitative estimate of drug-likeness (QED) is 0.810. The molecule has 0 saturated heterocycles. The largest absolute Gasteiger partial charge is 0.311 e. The molecule has 0 radical (unpaired) electrons. The minimum atomic E-state index is 0.406. The normalized spacial score (nSPS) is 20.9. The Morgan fingerprint density at radius 1 is 1.19 bits per heavy atom. The Morgan fingerprint density at radius 2 is 1.81 bits per heavy atom. The molecule has 1 fully saturated rings. The number of benzene rings is 1. The van der Waals surface area contributed by atoms with E-state index in [-0.39, 0.29) is 0 Å². The van der Waals surface area contributed by atoms with E-state index in [1.807, 2.05) is 0 Å². The number of rotatable bonds is 4. The second-order valence-electron chi connectivity index (χ2n) is 5.46. The van der Waals surface area contributed by atoms with Crippen molar-refractivity contribution in [1.82, 2.24) is 5.32 Å². The summed E-state index contributed by atoms with van der Waals surface area (Å²) in [6, 6.07) is 10.8. The first-order valence-corrected chi connectivity index (χ1v) is 6.50. The van der Waals surface area contributed by atoms with Crippen LogP contribution in [0, 0.1) is 0 Å². The van der Waals surface area contributed by atoms with E-state index in [0.717, 1.165) is 6.54 Å². The Kier molecular flexibility index (Phi) is 3.65. The van der Waals surface area contributed by atoms with Gasteiger partial charge in [0.05, 0.1) is 0 Å². The first-order chi connectivity index (χ1) is 7.70. The Bertz CT molecular complexity index is 311. The van der Waals surface area contributed by atoms with Crippen molar-refractivity contribution in [3.8, 4) is 0 Å². The summed E-state index contributed by atoms with van der Waals surface area (Å²) < 4.78 is 0. The Hall–Kier alpha value is -0.820. The molecule has 0 spiro atoms. The fraction of sp³-hybridized carbons (Fsp3) is 0.600. The van der Waals surface area contributed by atoms with Gasteiger partial charge in [0.15, 0.2) is 0 Å². The van der Waals surface area contributed by atoms with Crippen LogP contribution < -0.4 is 5.32 Å². The summed E-state index contributed by atoms with van der Waals surface area (Å²) in [5.74, 6) is 0.610. The van der Waals surface area contributed by atoms with Crippen LogP contribution in [0.1, 0.15) is 51.0 Å². The fourth-order valence-corrected chi connectivity index (χ4v) is 2.63. The highest BCUT2D eigenvalue weighted by Crippen LogP contribution is 2.29. The molecule has 1 aliphatic carbocycles. The molecule has 1 aromatic carbocycles. The lowest BCUT2D eigenvalue weighted by atomic mass is 9.97. The minimum Gasteiger partial charge on any atom is -0.311 e. The average molecular weight is 217 g/mol. The van der Waals surface area contributed by atoms with Crippen molar-refractivity contribution in [2.75, 3.05) is 6.54 Å². The van der Waals surface area contributed by atoms with Gasteiger partial charge in [0.2, 0.25) is 0 Å². The first kappa shape index (κ1) is 11.7. The van der Waals surface area contributed by atoms with Crippen molar-refractivity contribution in [1.29, 1.82) is 0 Å². The van der Waals surface area contributed by atoms with E-state index < -0.39 is 0 Å². The molecule has 0 aromatic heterocycles. The summed E-state index contributed by atoms with van der Waals surface area (Å²) in [4.78, 5) is 0. The zero-order valence-electron chi connectivity index (χ0n) is 10.5. The van der Waals surface area contributed by atoms with Gasteiger partial charge < -0.3 is 5.32 Å². The molecule has 1 unspecified atom stereocenters. The van der Waals surface area contributed by atoms with Gasteiger partial charge >= 0.3 is 0 Å². The Labute approximate surface area is 99.3 Å². The van der Waals surface area contributed by atoms with Crippen LogP contribution in [-0.4, -0.2) is 12.1 Å². The van der Waals surface area contributed by atoms with Gasteiger partial charge in [-0.1, -0.05) is 50.1 Å². The van der Waals surface area contributed by atoms with Crippen LogP contribution in [0.5, 0.6) is 0 Å². The lowest BCUT2D eigenvalue weighted by Crippen LogP contribution is -2.41. The predicted octanol–water partition coefficient (Wildman–Crippen LogP) is 3.71. The molecule has 0 aliphatic heterocycles. The van der Waals surface area contributed by atoms with Gasteiger partial charge in [0.25, 0.3) is 0 Å². The third-order valence-corrected chi connectivity index (χ3v) is 3.91. The maximum absolute atomic E-state index is 3.76. The van der Waals surface area contributed by atoms with Crippen LogP contribution >= 0.6 is 0 Å². The van der Waals surface area contributed by atoms with Gasteiger partial charge in [0, 0.05) is 12.1 Å². The highest BCUT2D eigenvalue weighted by molar-refractivity contribution is 5.19. The fourth-order valence-electron chi connectivity index (χ4n) is 2.63. The highest BCUT2D eigenvalue weighted by atomic mass is 15.0. The third kappa shape index (κ3) is 2.85. The molecule has 0 heterocycles. The predicted molar refractivity (Wildman–Crippen MR) is 69.7 cm³/mol. The monoisotopic (exact) mass is 217 g/mol. The van der Waals surface area contributed by atoms with E-state index in [1.54, 1.807) is 0 Å². The molecule has 1 aromatic rings. The molecule has 0 bridgehead atoms. The van der Waals surface area contributed by atoms with Gasteiger partial charge in [-0.15, -0.1) is 0 Å². The molecular weight excluding hydrogens is 194 g/mol. The first-order valence-electron chi connectivity index (χ1n) is 6.50. The topological polar surface area (TPSA) is 12.0 Å². The van der Waals surface area contributed by atoms with Crippen molar-refractivity contribution in [3.63, 3.8) is 0 Å². The minimum absolute atomic E-state index is 0.406. The summed E-state index contributed by atoms with van der Waals surface area (Å²) in [5.41, 5.74) is 1.85. The van der Waals surface area contributed by atoms with Gasteiger partial charge in [0.1, 0.15) is 0 Å². The van der Waals surface area contributed by atoms with Crippen LogP contribution in [0.3, 0.4) is 0 Å². The molecule has 1 atom stereocenters. The van der Waals surface area contributed by atoms with E-state index >= 15 is 0 Å². The molecule has 16 heavy (non-hydrogen) atoms. The van der Waals surface area contributed by atoms with Crippen molar-refractivity contribution < 1.29 is 0 Å². The van der Waals surface area contributed by atoms with E-state index in [0.29, 0.717) is 11.5 Å². The van der Waals surface area contributed by atoms with E-state index in [2.05, 4.69) is 49.5 Å². The molecule has 1 nitrogen and oxygen atoms in total. The lowest BCUT2D eigenvalue weighted by Gasteiger charge is -2.27. The van der Waals surface area contributed by atoms with Crippen molar-refractivity contribution in [2.24, 2.45) is 0 Å². The van der Waals surface area contributed by atoms with E-state index in [1.165, 1.54) is 31.2 Å². The van der Waals surface area contributed by atoms with Gasteiger partial charge in [-0.25, -0.2) is 0 Å². The highest BCUT2D eigenvalue weighted by Gasteiger charge is 2.28. The molecule has 0 amide bonds. The van der Waals surface area contributed by atoms with Crippen LogP contribution in [0.4, 0.5) is 0 Å². The van der Waals surface area contributed by atoms with Gasteiger partial charge in [-0.05, 0) is 31.2 Å².